The predicted octanol–water partition coefficient (Wildman–Crippen LogP) is 3.15. The van der Waals surface area contributed by atoms with Crippen LogP contribution in [0.5, 0.6) is 11.6 Å². The number of ether oxygens (including phenoxy) is 2. The molecule has 1 aromatic carbocycles. The van der Waals surface area contributed by atoms with E-state index < -0.39 is 0 Å². The van der Waals surface area contributed by atoms with Crippen molar-refractivity contribution in [1.82, 2.24) is 14.9 Å². The number of nitrogens with zero attached hydrogens (tertiary/aromatic N) is 3. The van der Waals surface area contributed by atoms with Crippen molar-refractivity contribution in [3.05, 3.63) is 48.2 Å². The summed E-state index contributed by atoms with van der Waals surface area (Å²) in [7, 11) is 1.59. The first-order valence-electron chi connectivity index (χ1n) is 8.68. The summed E-state index contributed by atoms with van der Waals surface area (Å²) in [6.45, 7) is 1.80. The number of methoxy groups -OCH3 is 1. The van der Waals surface area contributed by atoms with E-state index in [1.807, 2.05) is 4.90 Å². The Morgan fingerprint density at radius 3 is 2.58 bits per heavy atom. The summed E-state index contributed by atoms with van der Waals surface area (Å²) < 4.78 is 23.8. The molecule has 1 aliphatic heterocycles. The molecular weight excluding hydrogens is 337 g/mol. The number of carbonyl (C=O) groups excluding carboxylic acids is 1. The molecule has 6 nitrogen and oxygen atoms in total. The van der Waals surface area contributed by atoms with E-state index in [-0.39, 0.29) is 17.6 Å². The lowest BCUT2D eigenvalue weighted by Crippen LogP contribution is -2.38. The molecule has 26 heavy (non-hydrogen) atoms. The zero-order valence-electron chi connectivity index (χ0n) is 14.7. The molecule has 1 aromatic heterocycles. The molecule has 138 valence electrons. The SMILES string of the molecule is COCCC(=O)N1CCC(c2nccnc2Oc2ccc(F)cc2)CC1. The second-order valence-corrected chi connectivity index (χ2v) is 6.20. The Kier molecular flexibility index (Phi) is 6.12. The van der Waals surface area contributed by atoms with E-state index in [4.69, 9.17) is 9.47 Å². The van der Waals surface area contributed by atoms with E-state index in [2.05, 4.69) is 9.97 Å². The summed E-state index contributed by atoms with van der Waals surface area (Å²) in [5.74, 6) is 0.920. The highest BCUT2D eigenvalue weighted by molar-refractivity contribution is 5.76. The van der Waals surface area contributed by atoms with Gasteiger partial charge in [0.25, 0.3) is 0 Å². The van der Waals surface area contributed by atoms with Crippen LogP contribution in [0.4, 0.5) is 4.39 Å². The number of hydrogen-bond donors (Lipinski definition) is 0. The molecule has 0 spiro atoms. The maximum Gasteiger partial charge on any atom is 0.241 e. The molecule has 1 fully saturated rings. The fourth-order valence-electron chi connectivity index (χ4n) is 3.06. The average molecular weight is 359 g/mol. The van der Waals surface area contributed by atoms with Gasteiger partial charge < -0.3 is 14.4 Å². The molecule has 0 unspecified atom stereocenters. The molecule has 1 aliphatic rings. The number of hydrogen-bond acceptors (Lipinski definition) is 5. The van der Waals surface area contributed by atoms with E-state index in [0.29, 0.717) is 37.7 Å². The van der Waals surface area contributed by atoms with Crippen LogP contribution < -0.4 is 4.74 Å². The summed E-state index contributed by atoms with van der Waals surface area (Å²) in [6.07, 6.45) is 5.23. The maximum absolute atomic E-state index is 13.1. The Hall–Kier alpha value is -2.54. The number of amides is 1. The Bertz CT molecular complexity index is 731. The summed E-state index contributed by atoms with van der Waals surface area (Å²) in [6, 6.07) is 5.81. The second kappa shape index (κ2) is 8.71. The molecule has 2 aromatic rings. The zero-order chi connectivity index (χ0) is 18.4. The first kappa shape index (κ1) is 18.3. The number of benzene rings is 1. The van der Waals surface area contributed by atoms with Crippen molar-refractivity contribution in [1.29, 1.82) is 0 Å². The summed E-state index contributed by atoms with van der Waals surface area (Å²) in [5.41, 5.74) is 0.779. The Morgan fingerprint density at radius 2 is 1.88 bits per heavy atom. The van der Waals surface area contributed by atoms with Crippen molar-refractivity contribution in [3.8, 4) is 11.6 Å². The minimum Gasteiger partial charge on any atom is -0.437 e. The number of halogens is 1. The van der Waals surface area contributed by atoms with Crippen molar-refractivity contribution in [3.63, 3.8) is 0 Å². The van der Waals surface area contributed by atoms with Crippen molar-refractivity contribution < 1.29 is 18.7 Å². The van der Waals surface area contributed by atoms with Gasteiger partial charge in [0.1, 0.15) is 17.3 Å². The quantitative estimate of drug-likeness (QED) is 0.793. The van der Waals surface area contributed by atoms with Gasteiger partial charge in [-0.3, -0.25) is 9.78 Å². The molecule has 1 saturated heterocycles. The largest absolute Gasteiger partial charge is 0.437 e. The van der Waals surface area contributed by atoms with Gasteiger partial charge in [-0.25, -0.2) is 9.37 Å². The molecule has 0 N–H and O–H groups in total. The molecule has 2 heterocycles. The Balaban J connectivity index is 1.65. The van der Waals surface area contributed by atoms with Crippen LogP contribution >= 0.6 is 0 Å². The maximum atomic E-state index is 13.1. The van der Waals surface area contributed by atoms with Crippen molar-refractivity contribution >= 4 is 5.91 Å². The molecule has 0 bridgehead atoms. The molecule has 7 heteroatoms. The van der Waals surface area contributed by atoms with Gasteiger partial charge in [0.05, 0.1) is 13.0 Å². The smallest absolute Gasteiger partial charge is 0.241 e. The molecule has 0 radical (unpaired) electrons. The molecule has 1 amide bonds. The van der Waals surface area contributed by atoms with Gasteiger partial charge in [-0.1, -0.05) is 0 Å². The highest BCUT2D eigenvalue weighted by Gasteiger charge is 2.27. The van der Waals surface area contributed by atoms with Crippen LogP contribution in [0.2, 0.25) is 0 Å². The summed E-state index contributed by atoms with van der Waals surface area (Å²) in [5, 5.41) is 0. The van der Waals surface area contributed by atoms with E-state index in [9.17, 15) is 9.18 Å². The summed E-state index contributed by atoms with van der Waals surface area (Å²) >= 11 is 0. The highest BCUT2D eigenvalue weighted by Crippen LogP contribution is 2.33. The van der Waals surface area contributed by atoms with Crippen LogP contribution in [-0.4, -0.2) is 47.6 Å². The highest BCUT2D eigenvalue weighted by atomic mass is 19.1. The van der Waals surface area contributed by atoms with E-state index in [1.165, 1.54) is 12.1 Å². The number of rotatable bonds is 6. The van der Waals surface area contributed by atoms with Crippen LogP contribution in [0.1, 0.15) is 30.9 Å². The zero-order valence-corrected chi connectivity index (χ0v) is 14.7. The van der Waals surface area contributed by atoms with Crippen LogP contribution in [0.3, 0.4) is 0 Å². The first-order chi connectivity index (χ1) is 12.7. The third-order valence-electron chi connectivity index (χ3n) is 4.47. The molecular formula is C19H22FN3O3. The minimum absolute atomic E-state index is 0.118. The normalized spacial score (nSPS) is 15.1. The topological polar surface area (TPSA) is 64.5 Å². The second-order valence-electron chi connectivity index (χ2n) is 6.20. The fraction of sp³-hybridized carbons (Fsp3) is 0.421. The lowest BCUT2D eigenvalue weighted by atomic mass is 9.93. The van der Waals surface area contributed by atoms with Gasteiger partial charge in [0.15, 0.2) is 0 Å². The van der Waals surface area contributed by atoms with Crippen molar-refractivity contribution in [2.24, 2.45) is 0 Å². The van der Waals surface area contributed by atoms with Crippen LogP contribution in [0.25, 0.3) is 0 Å². The minimum atomic E-state index is -0.317. The fourth-order valence-corrected chi connectivity index (χ4v) is 3.06. The van der Waals surface area contributed by atoms with Gasteiger partial charge in [-0.2, -0.15) is 0 Å². The molecule has 0 atom stereocenters. The number of piperidine rings is 1. The van der Waals surface area contributed by atoms with Crippen LogP contribution in [0, 0.1) is 5.82 Å². The molecule has 3 rings (SSSR count). The average Bonchev–Trinajstić information content (AvgIpc) is 2.68. The number of carbonyl (C=O) groups is 1. The van der Waals surface area contributed by atoms with Crippen LogP contribution in [-0.2, 0) is 9.53 Å². The first-order valence-corrected chi connectivity index (χ1v) is 8.68. The van der Waals surface area contributed by atoms with Gasteiger partial charge in [-0.15, -0.1) is 0 Å². The summed E-state index contributed by atoms with van der Waals surface area (Å²) in [4.78, 5) is 22.7. The number of likely N-dealkylation sites (tertiary alicyclic amines) is 1. The third kappa shape index (κ3) is 4.54. The van der Waals surface area contributed by atoms with Gasteiger partial charge in [-0.05, 0) is 37.1 Å². The van der Waals surface area contributed by atoms with E-state index in [0.717, 1.165) is 18.5 Å². The Labute approximate surface area is 152 Å². The van der Waals surface area contributed by atoms with Crippen LogP contribution in [0.15, 0.2) is 36.7 Å². The third-order valence-corrected chi connectivity index (χ3v) is 4.47. The van der Waals surface area contributed by atoms with Crippen molar-refractivity contribution in [2.45, 2.75) is 25.2 Å². The van der Waals surface area contributed by atoms with Gasteiger partial charge in [0, 0.05) is 38.5 Å². The van der Waals surface area contributed by atoms with Gasteiger partial charge in [0.2, 0.25) is 11.8 Å². The number of aromatic nitrogens is 2. The molecule has 0 aliphatic carbocycles. The Morgan fingerprint density at radius 1 is 1.19 bits per heavy atom. The monoisotopic (exact) mass is 359 g/mol. The van der Waals surface area contributed by atoms with Gasteiger partial charge >= 0.3 is 0 Å². The molecule has 0 saturated carbocycles. The lowest BCUT2D eigenvalue weighted by molar-refractivity contribution is -0.133. The predicted molar refractivity (Wildman–Crippen MR) is 93.6 cm³/mol. The lowest BCUT2D eigenvalue weighted by Gasteiger charge is -2.32. The van der Waals surface area contributed by atoms with Crippen molar-refractivity contribution in [2.75, 3.05) is 26.8 Å². The standard InChI is InChI=1S/C19H22FN3O3/c1-25-13-8-17(24)23-11-6-14(7-12-23)18-19(22-10-9-21-18)26-16-4-2-15(20)3-5-16/h2-5,9-10,14H,6-8,11-13H2,1H3. The van der Waals surface area contributed by atoms with E-state index >= 15 is 0 Å². The van der Waals surface area contributed by atoms with E-state index in [1.54, 1.807) is 31.6 Å².